The molecule has 3 fully saturated rings. The summed E-state index contributed by atoms with van der Waals surface area (Å²) in [6, 6.07) is -1.22. The first-order chi connectivity index (χ1) is 25.1. The Balaban J connectivity index is 0. The second-order valence-electron chi connectivity index (χ2n) is 14.9. The number of likely N-dealkylation sites (tertiary alicyclic amines) is 2. The molecule has 5 amide bonds. The summed E-state index contributed by atoms with van der Waals surface area (Å²) < 4.78 is 0. The molecule has 314 valence electrons. The van der Waals surface area contributed by atoms with Crippen LogP contribution in [0.2, 0.25) is 0 Å². The molecule has 0 radical (unpaired) electrons. The number of carboxylic acid groups (broad SMARTS) is 1. The zero-order chi connectivity index (χ0) is 40.3. The predicted molar refractivity (Wildman–Crippen MR) is 220 cm³/mol. The van der Waals surface area contributed by atoms with E-state index in [-0.39, 0.29) is 55.4 Å². The number of amides is 5. The second-order valence-corrected chi connectivity index (χ2v) is 15.4. The van der Waals surface area contributed by atoms with Crippen molar-refractivity contribution in [1.29, 1.82) is 0 Å². The van der Waals surface area contributed by atoms with Gasteiger partial charge in [-0.3, -0.25) is 28.8 Å². The minimum atomic E-state index is -0.903. The van der Waals surface area contributed by atoms with Gasteiger partial charge in [0.25, 0.3) is 0 Å². The van der Waals surface area contributed by atoms with Crippen molar-refractivity contribution in [3.63, 3.8) is 0 Å². The summed E-state index contributed by atoms with van der Waals surface area (Å²) >= 11 is 0. The Hall–Kier alpha value is -3.05. The summed E-state index contributed by atoms with van der Waals surface area (Å²) in [4.78, 5) is 72.2. The van der Waals surface area contributed by atoms with E-state index in [2.05, 4.69) is 31.7 Å². The minimum absolute atomic E-state index is 0. The molecule has 2 saturated heterocycles. The first-order valence-corrected chi connectivity index (χ1v) is 20.4. The Bertz CT molecular complexity index is 1090. The van der Waals surface area contributed by atoms with Crippen molar-refractivity contribution in [3.05, 3.63) is 0 Å². The third-order valence-corrected chi connectivity index (χ3v) is 9.76. The molecule has 1 aliphatic carbocycles. The van der Waals surface area contributed by atoms with Crippen LogP contribution < -0.4 is 16.0 Å². The van der Waals surface area contributed by atoms with Crippen LogP contribution in [0, 0.1) is 23.7 Å². The van der Waals surface area contributed by atoms with E-state index < -0.39 is 18.1 Å². The lowest BCUT2D eigenvalue weighted by atomic mass is 9.79. The van der Waals surface area contributed by atoms with Crippen LogP contribution in [-0.4, -0.2) is 113 Å². The summed E-state index contributed by atoms with van der Waals surface area (Å²) in [6.45, 7) is 17.0. The van der Waals surface area contributed by atoms with Gasteiger partial charge in [-0.1, -0.05) is 79.9 Å². The van der Waals surface area contributed by atoms with Gasteiger partial charge in [-0.2, -0.15) is 0 Å². The van der Waals surface area contributed by atoms with Gasteiger partial charge in [-0.05, 0) is 70.1 Å². The number of carbonyl (C=O) groups is 6. The maximum absolute atomic E-state index is 12.8. The Kier molecular flexibility index (Phi) is 30.6. The summed E-state index contributed by atoms with van der Waals surface area (Å²) in [6.07, 6.45) is 12.8. The highest BCUT2D eigenvalue weighted by molar-refractivity contribution is 7.18. The van der Waals surface area contributed by atoms with Gasteiger partial charge < -0.3 is 36.0 Å². The maximum atomic E-state index is 12.8. The summed E-state index contributed by atoms with van der Waals surface area (Å²) in [5.74, 6) is 1.55. The first-order valence-electron chi connectivity index (χ1n) is 19.8. The zero-order valence-corrected chi connectivity index (χ0v) is 34.7. The van der Waals surface area contributed by atoms with Crippen LogP contribution >= 0.6 is 8.86 Å². The van der Waals surface area contributed by atoms with Crippen LogP contribution in [0.1, 0.15) is 139 Å². The number of hydrogen-bond acceptors (Lipinski definition) is 7. The van der Waals surface area contributed by atoms with E-state index in [9.17, 15) is 28.8 Å². The molecule has 0 unspecified atom stereocenters. The van der Waals surface area contributed by atoms with E-state index in [1.807, 2.05) is 32.6 Å². The van der Waals surface area contributed by atoms with Gasteiger partial charge >= 0.3 is 5.97 Å². The summed E-state index contributed by atoms with van der Waals surface area (Å²) in [7, 11) is 3.06. The van der Waals surface area contributed by atoms with E-state index in [1.165, 1.54) is 45.4 Å². The Morgan fingerprint density at radius 1 is 0.796 bits per heavy atom. The number of carbonyl (C=O) groups excluding carboxylic acids is 5. The van der Waals surface area contributed by atoms with Crippen LogP contribution in [0.25, 0.3) is 0 Å². The predicted octanol–water partition coefficient (Wildman–Crippen LogP) is 5.06. The third-order valence-electron chi connectivity index (χ3n) is 9.76. The molecule has 2 heterocycles. The lowest BCUT2D eigenvalue weighted by Crippen LogP contribution is -2.52. The zero-order valence-electron chi connectivity index (χ0n) is 33.7. The lowest BCUT2D eigenvalue weighted by molar-refractivity contribution is -0.143. The van der Waals surface area contributed by atoms with Crippen molar-refractivity contribution in [2.75, 3.05) is 32.7 Å². The molecular weight excluding hydrogens is 709 g/mol. The topological polar surface area (TPSA) is 185 Å². The quantitative estimate of drug-likeness (QED) is 0.113. The molecule has 14 heteroatoms. The molecule has 3 rings (SSSR count). The Labute approximate surface area is 328 Å². The number of nitrogens with one attached hydrogen (secondary N) is 3. The highest BCUT2D eigenvalue weighted by Crippen LogP contribution is 2.31. The largest absolute Gasteiger partial charge is 0.481 e. The van der Waals surface area contributed by atoms with Crippen LogP contribution in [0.3, 0.4) is 0 Å². The number of hydrogen-bond donors (Lipinski definition) is 5. The normalized spacial score (nSPS) is 18.1. The van der Waals surface area contributed by atoms with E-state index in [4.69, 9.17) is 10.2 Å². The van der Waals surface area contributed by atoms with Gasteiger partial charge in [0, 0.05) is 45.1 Å². The number of aliphatic carboxylic acids is 1. The van der Waals surface area contributed by atoms with Gasteiger partial charge in [-0.15, -0.1) is 8.86 Å². The molecule has 1 saturated carbocycles. The standard InChI is InChI=1S/C20H36N2O2.C9H15NO3.C8H16N2O3.C2H5P.CH4/c1-15(2)19(20(24)22-12-8-5-9-13-22)21-18(23)14-16(3)17-10-6-4-7-11-17;1-7(6-8(11)12)9(13)10-4-2-3-5-10;1-3-4-9-8(13)7(6(2)12)10-5-11;1-2-3;/h15-17,19H,4-14H2,1-3H3,(H,21,23);7H,2-6H2,1H3,(H,11,12);5-7,12H,3-4H2,1-2H3,(H,9,13)(H,10,11);2-3H,1H3;1H4/t16-,19-;7-;6-,7+;;/m001../s1. The maximum Gasteiger partial charge on any atom is 0.304 e. The van der Waals surface area contributed by atoms with Crippen molar-refractivity contribution in [1.82, 2.24) is 25.8 Å². The third kappa shape index (κ3) is 22.4. The van der Waals surface area contributed by atoms with Crippen molar-refractivity contribution in [2.24, 2.45) is 23.7 Å². The molecule has 5 atom stereocenters. The van der Waals surface area contributed by atoms with Crippen molar-refractivity contribution in [2.45, 2.75) is 158 Å². The number of aliphatic hydroxyl groups excluding tert-OH is 1. The molecule has 54 heavy (non-hydrogen) atoms. The smallest absolute Gasteiger partial charge is 0.304 e. The highest BCUT2D eigenvalue weighted by atomic mass is 31.0. The summed E-state index contributed by atoms with van der Waals surface area (Å²) in [5.41, 5.74) is 0. The van der Waals surface area contributed by atoms with Crippen LogP contribution in [0.5, 0.6) is 0 Å². The van der Waals surface area contributed by atoms with Crippen LogP contribution in [0.4, 0.5) is 0 Å². The SMILES string of the molecule is C.CC(C)[C@H](NC(=O)C[C@H](C)C1CCCCC1)C(=O)N1CCCCC1.CC=P.CCCNC(=O)[C@@H](NC=O)[C@@H](C)O.C[C@@H](CC(=O)O)C(=O)N1CCCC1. The first kappa shape index (κ1) is 53.1. The van der Waals surface area contributed by atoms with E-state index >= 15 is 0 Å². The van der Waals surface area contributed by atoms with Gasteiger partial charge in [-0.25, -0.2) is 0 Å². The molecule has 0 spiro atoms. The van der Waals surface area contributed by atoms with Crippen LogP contribution in [-0.2, 0) is 28.8 Å². The average molecular weight is 786 g/mol. The Morgan fingerprint density at radius 3 is 1.72 bits per heavy atom. The molecule has 3 aliphatic rings. The fourth-order valence-electron chi connectivity index (χ4n) is 6.68. The van der Waals surface area contributed by atoms with Gasteiger partial charge in [0.05, 0.1) is 12.5 Å². The number of piperidine rings is 1. The fourth-order valence-corrected chi connectivity index (χ4v) is 6.68. The van der Waals surface area contributed by atoms with Crippen molar-refractivity contribution < 1.29 is 39.0 Å². The molecule has 0 aromatic heterocycles. The molecule has 5 N–H and O–H groups in total. The van der Waals surface area contributed by atoms with Gasteiger partial charge in [0.2, 0.25) is 30.0 Å². The van der Waals surface area contributed by atoms with Gasteiger partial charge in [0.15, 0.2) is 0 Å². The van der Waals surface area contributed by atoms with Crippen molar-refractivity contribution in [3.8, 4) is 0 Å². The molecule has 0 aromatic rings. The molecule has 13 nitrogen and oxygen atoms in total. The molecular formula is C40H76N5O8P. The van der Waals surface area contributed by atoms with Gasteiger partial charge in [0.1, 0.15) is 12.1 Å². The average Bonchev–Trinajstić information content (AvgIpc) is 3.67. The minimum Gasteiger partial charge on any atom is -0.481 e. The highest BCUT2D eigenvalue weighted by Gasteiger charge is 2.31. The number of aliphatic hydroxyl groups is 1. The van der Waals surface area contributed by atoms with Crippen molar-refractivity contribution >= 4 is 50.7 Å². The summed E-state index contributed by atoms with van der Waals surface area (Å²) in [5, 5.41) is 25.5. The lowest BCUT2D eigenvalue weighted by Gasteiger charge is -2.33. The number of rotatable bonds is 15. The van der Waals surface area contributed by atoms with E-state index in [1.54, 1.807) is 17.6 Å². The van der Waals surface area contributed by atoms with Crippen LogP contribution in [0.15, 0.2) is 0 Å². The van der Waals surface area contributed by atoms with E-state index in [0.717, 1.165) is 58.3 Å². The number of nitrogens with zero attached hydrogens (tertiary/aromatic N) is 2. The molecule has 0 bridgehead atoms. The number of carboxylic acids is 1. The monoisotopic (exact) mass is 786 g/mol. The second kappa shape index (κ2) is 31.2. The Morgan fingerprint density at radius 2 is 1.28 bits per heavy atom. The van der Waals surface area contributed by atoms with E-state index in [0.29, 0.717) is 31.2 Å². The fraction of sp³-hybridized carbons (Fsp3) is 0.825. The molecule has 0 aromatic carbocycles. The molecule has 2 aliphatic heterocycles.